The van der Waals surface area contributed by atoms with Crippen LogP contribution in [0.25, 0.3) is 0 Å². The van der Waals surface area contributed by atoms with Crippen LogP contribution in [0.4, 0.5) is 0 Å². The van der Waals surface area contributed by atoms with Gasteiger partial charge in [0.15, 0.2) is 5.78 Å². The number of nitrogens with zero attached hydrogens (tertiary/aromatic N) is 2. The summed E-state index contributed by atoms with van der Waals surface area (Å²) in [7, 11) is 0. The van der Waals surface area contributed by atoms with Gasteiger partial charge in [0.05, 0.1) is 10.8 Å². The minimum absolute atomic E-state index is 0.0281. The minimum atomic E-state index is -0.495. The molecule has 0 aromatic heterocycles. The molecule has 2 amide bonds. The Hall–Kier alpha value is -1.30. The van der Waals surface area contributed by atoms with Gasteiger partial charge < -0.3 is 4.90 Å². The Morgan fingerprint density at radius 1 is 1.21 bits per heavy atom. The first-order chi connectivity index (χ1) is 11.1. The van der Waals surface area contributed by atoms with Crippen LogP contribution < -0.4 is 0 Å². The zero-order valence-electron chi connectivity index (χ0n) is 15.3. The van der Waals surface area contributed by atoms with E-state index in [1.54, 1.807) is 0 Å². The van der Waals surface area contributed by atoms with Crippen LogP contribution in [0.3, 0.4) is 0 Å². The molecule has 0 aromatic rings. The maximum atomic E-state index is 12.8. The molecule has 0 radical (unpaired) electrons. The number of likely N-dealkylation sites (tertiary alicyclic amines) is 1. The van der Waals surface area contributed by atoms with Crippen molar-refractivity contribution in [3.8, 4) is 0 Å². The molecular weight excluding hydrogens is 324 g/mol. The molecule has 0 unspecified atom stereocenters. The maximum absolute atomic E-state index is 12.8. The summed E-state index contributed by atoms with van der Waals surface area (Å²) in [4.78, 5) is 40.6. The van der Waals surface area contributed by atoms with E-state index in [1.807, 2.05) is 25.7 Å². The molecule has 2 fully saturated rings. The summed E-state index contributed by atoms with van der Waals surface area (Å²) >= 11 is 1.34. The first kappa shape index (κ1) is 19.0. The molecule has 2 heterocycles. The number of hydrogen-bond acceptors (Lipinski definition) is 4. The maximum Gasteiger partial charge on any atom is 0.243 e. The van der Waals surface area contributed by atoms with Gasteiger partial charge in [-0.15, -0.1) is 0 Å². The number of amides is 2. The smallest absolute Gasteiger partial charge is 0.243 e. The predicted molar refractivity (Wildman–Crippen MR) is 96.3 cm³/mol. The fourth-order valence-corrected chi connectivity index (χ4v) is 4.10. The van der Waals surface area contributed by atoms with Gasteiger partial charge in [-0.1, -0.05) is 32.5 Å². The van der Waals surface area contributed by atoms with Crippen molar-refractivity contribution < 1.29 is 14.4 Å². The third kappa shape index (κ3) is 4.21. The first-order valence-corrected chi connectivity index (χ1v) is 9.60. The molecule has 24 heavy (non-hydrogen) atoms. The quantitative estimate of drug-likeness (QED) is 0.733. The zero-order valence-corrected chi connectivity index (χ0v) is 16.1. The van der Waals surface area contributed by atoms with Crippen LogP contribution in [0.15, 0.2) is 11.1 Å². The van der Waals surface area contributed by atoms with Crippen molar-refractivity contribution in [3.05, 3.63) is 11.1 Å². The van der Waals surface area contributed by atoms with Crippen LogP contribution in [0, 0.1) is 5.41 Å². The Labute approximate surface area is 148 Å². The van der Waals surface area contributed by atoms with Crippen molar-refractivity contribution >= 4 is 29.4 Å². The van der Waals surface area contributed by atoms with E-state index < -0.39 is 5.41 Å². The molecule has 5 nitrogen and oxygen atoms in total. The monoisotopic (exact) mass is 352 g/mol. The molecule has 2 rings (SSSR count). The molecule has 0 aliphatic carbocycles. The molecule has 2 aliphatic rings. The fraction of sp³-hybridized carbons (Fsp3) is 0.722. The van der Waals surface area contributed by atoms with Crippen LogP contribution in [-0.4, -0.2) is 51.8 Å². The van der Waals surface area contributed by atoms with Gasteiger partial charge in [-0.05, 0) is 33.1 Å². The van der Waals surface area contributed by atoms with Crippen molar-refractivity contribution in [2.24, 2.45) is 5.41 Å². The highest BCUT2D eigenvalue weighted by atomic mass is 32.2. The van der Waals surface area contributed by atoms with E-state index in [9.17, 15) is 14.4 Å². The standard InChI is InChI=1S/C18H28N2O3S/c1-12-7-6-8-13(2)20(12)15(22)10-19-16(23)11-24-17(19)9-14(21)18(3,4)5/h9,12-13H,6-8,10-11H2,1-5H3/b17-9-/t12-,13-/m1/s1. The number of piperidine rings is 1. The Morgan fingerprint density at radius 2 is 1.79 bits per heavy atom. The molecular formula is C18H28N2O3S. The van der Waals surface area contributed by atoms with E-state index in [2.05, 4.69) is 13.8 Å². The summed E-state index contributed by atoms with van der Waals surface area (Å²) in [6.07, 6.45) is 4.66. The van der Waals surface area contributed by atoms with Gasteiger partial charge in [0.25, 0.3) is 0 Å². The molecule has 0 aromatic carbocycles. The number of carbonyl (C=O) groups is 3. The van der Waals surface area contributed by atoms with Crippen LogP contribution in [0.5, 0.6) is 0 Å². The lowest BCUT2D eigenvalue weighted by molar-refractivity contribution is -0.141. The third-order valence-corrected chi connectivity index (χ3v) is 5.70. The molecule has 0 N–H and O–H groups in total. The van der Waals surface area contributed by atoms with Crippen molar-refractivity contribution in [1.82, 2.24) is 9.80 Å². The van der Waals surface area contributed by atoms with Gasteiger partial charge in [0, 0.05) is 23.6 Å². The molecule has 134 valence electrons. The van der Waals surface area contributed by atoms with E-state index in [0.717, 1.165) is 19.3 Å². The van der Waals surface area contributed by atoms with Crippen molar-refractivity contribution in [3.63, 3.8) is 0 Å². The number of allylic oxidation sites excluding steroid dienone is 1. The second-order valence-corrected chi connectivity index (χ2v) is 8.79. The average Bonchev–Trinajstić information content (AvgIpc) is 2.79. The van der Waals surface area contributed by atoms with Gasteiger partial charge in [-0.3, -0.25) is 19.3 Å². The average molecular weight is 353 g/mol. The predicted octanol–water partition coefficient (Wildman–Crippen LogP) is 2.81. The molecule has 0 spiro atoms. The summed E-state index contributed by atoms with van der Waals surface area (Å²) in [5, 5.41) is 0.602. The number of thioether (sulfide) groups is 1. The SMILES string of the molecule is C[C@@H]1CCC[C@@H](C)N1C(=O)CN1C(=O)CS/C1=C\C(=O)C(C)(C)C. The Kier molecular flexibility index (Phi) is 5.78. The molecule has 0 saturated carbocycles. The lowest BCUT2D eigenvalue weighted by Crippen LogP contribution is -2.51. The third-order valence-electron chi connectivity index (χ3n) is 4.68. The normalized spacial score (nSPS) is 27.0. The summed E-state index contributed by atoms with van der Waals surface area (Å²) in [6.45, 7) is 9.70. The van der Waals surface area contributed by atoms with E-state index in [4.69, 9.17) is 0 Å². The lowest BCUT2D eigenvalue weighted by Gasteiger charge is -2.39. The summed E-state index contributed by atoms with van der Waals surface area (Å²) < 4.78 is 0. The number of rotatable bonds is 3. The number of ketones is 1. The highest BCUT2D eigenvalue weighted by Gasteiger charge is 2.35. The van der Waals surface area contributed by atoms with Crippen LogP contribution in [-0.2, 0) is 14.4 Å². The van der Waals surface area contributed by atoms with Crippen molar-refractivity contribution in [1.29, 1.82) is 0 Å². The lowest BCUT2D eigenvalue weighted by atomic mass is 9.91. The van der Waals surface area contributed by atoms with Crippen LogP contribution >= 0.6 is 11.8 Å². The van der Waals surface area contributed by atoms with Gasteiger partial charge in [-0.2, -0.15) is 0 Å². The Bertz CT molecular complexity index is 555. The second kappa shape index (κ2) is 7.30. The fourth-order valence-electron chi connectivity index (χ4n) is 3.16. The molecule has 0 bridgehead atoms. The highest BCUT2D eigenvalue weighted by molar-refractivity contribution is 8.04. The minimum Gasteiger partial charge on any atom is -0.336 e. The van der Waals surface area contributed by atoms with E-state index >= 15 is 0 Å². The number of carbonyl (C=O) groups excluding carboxylic acids is 3. The van der Waals surface area contributed by atoms with Crippen LogP contribution in [0.1, 0.15) is 53.9 Å². The van der Waals surface area contributed by atoms with E-state index in [-0.39, 0.29) is 36.2 Å². The second-order valence-electron chi connectivity index (χ2n) is 7.80. The Balaban J connectivity index is 2.13. The van der Waals surface area contributed by atoms with Gasteiger partial charge >= 0.3 is 0 Å². The largest absolute Gasteiger partial charge is 0.336 e. The molecule has 2 aliphatic heterocycles. The van der Waals surface area contributed by atoms with Crippen LogP contribution in [0.2, 0.25) is 0 Å². The molecule has 6 heteroatoms. The summed E-state index contributed by atoms with van der Waals surface area (Å²) in [6, 6.07) is 0.408. The topological polar surface area (TPSA) is 57.7 Å². The zero-order chi connectivity index (χ0) is 18.1. The van der Waals surface area contributed by atoms with Gasteiger partial charge in [-0.25, -0.2) is 0 Å². The summed E-state index contributed by atoms with van der Waals surface area (Å²) in [5.74, 6) is 0.136. The molecule has 2 atom stereocenters. The molecule has 2 saturated heterocycles. The van der Waals surface area contributed by atoms with Crippen molar-refractivity contribution in [2.45, 2.75) is 66.0 Å². The Morgan fingerprint density at radius 3 is 2.33 bits per heavy atom. The van der Waals surface area contributed by atoms with Crippen molar-refractivity contribution in [2.75, 3.05) is 12.3 Å². The summed E-state index contributed by atoms with van der Waals surface area (Å²) in [5.41, 5.74) is -0.495. The van der Waals surface area contributed by atoms with E-state index in [1.165, 1.54) is 22.7 Å². The van der Waals surface area contributed by atoms with E-state index in [0.29, 0.717) is 10.8 Å². The highest BCUT2D eigenvalue weighted by Crippen LogP contribution is 2.31. The van der Waals surface area contributed by atoms with Gasteiger partial charge in [0.1, 0.15) is 6.54 Å². The van der Waals surface area contributed by atoms with Gasteiger partial charge in [0.2, 0.25) is 11.8 Å². The first-order valence-electron chi connectivity index (χ1n) is 8.61. The number of hydrogen-bond donors (Lipinski definition) is 0.